The normalized spacial score (nSPS) is 21.2. The molecule has 0 saturated carbocycles. The first-order chi connectivity index (χ1) is 9.65. The van der Waals surface area contributed by atoms with Crippen molar-refractivity contribution in [1.29, 1.82) is 0 Å². The van der Waals surface area contributed by atoms with E-state index in [-0.39, 0.29) is 23.7 Å². The molecule has 2 N–H and O–H groups in total. The first kappa shape index (κ1) is 17.9. The van der Waals surface area contributed by atoms with Gasteiger partial charge in [0.25, 0.3) is 0 Å². The van der Waals surface area contributed by atoms with Crippen LogP contribution in [0.4, 0.5) is 0 Å². The number of carbonyl (C=O) groups excluding carboxylic acids is 2. The molecule has 1 aliphatic rings. The van der Waals surface area contributed by atoms with Gasteiger partial charge in [0.15, 0.2) is 0 Å². The maximum absolute atomic E-state index is 12.5. The van der Waals surface area contributed by atoms with Crippen LogP contribution < -0.4 is 10.0 Å². The van der Waals surface area contributed by atoms with Gasteiger partial charge >= 0.3 is 0 Å². The predicted octanol–water partition coefficient (Wildman–Crippen LogP) is -0.455. The fourth-order valence-corrected chi connectivity index (χ4v) is 3.33. The highest BCUT2D eigenvalue weighted by Crippen LogP contribution is 2.19. The molecule has 2 unspecified atom stereocenters. The molecule has 0 radical (unpaired) electrons. The molecular formula is C13H25N3O4S. The SMILES string of the molecule is CNC(=O)C1CCCN(C(=O)C(NS(C)(=O)=O)C(C)C)C1. The van der Waals surface area contributed by atoms with Gasteiger partial charge in [-0.2, -0.15) is 0 Å². The van der Waals surface area contributed by atoms with Crippen LogP contribution in [0, 0.1) is 11.8 Å². The maximum atomic E-state index is 12.5. The van der Waals surface area contributed by atoms with E-state index >= 15 is 0 Å². The number of hydrogen-bond donors (Lipinski definition) is 2. The molecular weight excluding hydrogens is 294 g/mol. The van der Waals surface area contributed by atoms with Gasteiger partial charge in [0.2, 0.25) is 21.8 Å². The topological polar surface area (TPSA) is 95.6 Å². The molecule has 7 nitrogen and oxygen atoms in total. The summed E-state index contributed by atoms with van der Waals surface area (Å²) in [5, 5.41) is 2.60. The highest BCUT2D eigenvalue weighted by Gasteiger charge is 2.33. The Labute approximate surface area is 126 Å². The molecule has 1 fully saturated rings. The predicted molar refractivity (Wildman–Crippen MR) is 80.0 cm³/mol. The Kier molecular flexibility index (Phi) is 6.15. The number of nitrogens with one attached hydrogen (secondary N) is 2. The van der Waals surface area contributed by atoms with Crippen molar-refractivity contribution in [3.05, 3.63) is 0 Å². The lowest BCUT2D eigenvalue weighted by Crippen LogP contribution is -2.54. The van der Waals surface area contributed by atoms with Crippen LogP contribution in [0.1, 0.15) is 26.7 Å². The van der Waals surface area contributed by atoms with Crippen molar-refractivity contribution in [1.82, 2.24) is 14.9 Å². The van der Waals surface area contributed by atoms with Crippen LogP contribution >= 0.6 is 0 Å². The van der Waals surface area contributed by atoms with Crippen LogP contribution in [0.5, 0.6) is 0 Å². The number of amides is 2. The molecule has 0 aliphatic carbocycles. The summed E-state index contributed by atoms with van der Waals surface area (Å²) >= 11 is 0. The largest absolute Gasteiger partial charge is 0.359 e. The number of likely N-dealkylation sites (tertiary alicyclic amines) is 1. The first-order valence-corrected chi connectivity index (χ1v) is 9.02. The van der Waals surface area contributed by atoms with Gasteiger partial charge in [0.1, 0.15) is 6.04 Å². The van der Waals surface area contributed by atoms with E-state index in [1.165, 1.54) is 0 Å². The number of carbonyl (C=O) groups is 2. The lowest BCUT2D eigenvalue weighted by atomic mass is 9.95. The minimum atomic E-state index is -3.46. The third-order valence-corrected chi connectivity index (χ3v) is 4.31. The molecule has 122 valence electrons. The molecule has 0 aromatic heterocycles. The summed E-state index contributed by atoms with van der Waals surface area (Å²) in [6, 6.07) is -0.788. The third-order valence-electron chi connectivity index (χ3n) is 3.62. The van der Waals surface area contributed by atoms with Gasteiger partial charge in [-0.05, 0) is 18.8 Å². The van der Waals surface area contributed by atoms with E-state index in [9.17, 15) is 18.0 Å². The third kappa shape index (κ3) is 5.28. The average molecular weight is 319 g/mol. The van der Waals surface area contributed by atoms with E-state index in [0.29, 0.717) is 13.1 Å². The minimum absolute atomic E-state index is 0.0790. The molecule has 2 atom stereocenters. The number of rotatable bonds is 5. The van der Waals surface area contributed by atoms with Gasteiger partial charge in [0, 0.05) is 20.1 Å². The van der Waals surface area contributed by atoms with Crippen LogP contribution in [-0.4, -0.2) is 57.6 Å². The van der Waals surface area contributed by atoms with Crippen LogP contribution in [0.15, 0.2) is 0 Å². The van der Waals surface area contributed by atoms with Gasteiger partial charge in [-0.3, -0.25) is 9.59 Å². The number of nitrogens with zero attached hydrogens (tertiary/aromatic N) is 1. The molecule has 1 rings (SSSR count). The van der Waals surface area contributed by atoms with Gasteiger partial charge in [0.05, 0.1) is 12.2 Å². The van der Waals surface area contributed by atoms with E-state index in [1.807, 2.05) is 0 Å². The van der Waals surface area contributed by atoms with Crippen LogP contribution in [0.25, 0.3) is 0 Å². The Hall–Kier alpha value is -1.15. The van der Waals surface area contributed by atoms with Crippen LogP contribution in [0.2, 0.25) is 0 Å². The maximum Gasteiger partial charge on any atom is 0.241 e. The second-order valence-corrected chi connectivity index (χ2v) is 7.63. The molecule has 0 aromatic rings. The number of sulfonamides is 1. The molecule has 0 spiro atoms. The Balaban J connectivity index is 2.81. The van der Waals surface area contributed by atoms with Crippen molar-refractivity contribution in [2.24, 2.45) is 11.8 Å². The molecule has 21 heavy (non-hydrogen) atoms. The Morgan fingerprint density at radius 2 is 1.90 bits per heavy atom. The zero-order valence-electron chi connectivity index (χ0n) is 13.0. The summed E-state index contributed by atoms with van der Waals surface area (Å²) in [5.74, 6) is -0.722. The standard InChI is InChI=1S/C13H25N3O4S/c1-9(2)11(15-21(4,19)20)13(18)16-7-5-6-10(8-16)12(17)14-3/h9-11,15H,5-8H2,1-4H3,(H,14,17). The van der Waals surface area contributed by atoms with Crippen molar-refractivity contribution in [3.8, 4) is 0 Å². The average Bonchev–Trinajstić information content (AvgIpc) is 2.42. The van der Waals surface area contributed by atoms with Gasteiger partial charge in [-0.25, -0.2) is 13.1 Å². The van der Waals surface area contributed by atoms with Crippen molar-refractivity contribution in [2.45, 2.75) is 32.7 Å². The lowest BCUT2D eigenvalue weighted by Gasteiger charge is -2.35. The minimum Gasteiger partial charge on any atom is -0.359 e. The Morgan fingerprint density at radius 3 is 2.38 bits per heavy atom. The second-order valence-electron chi connectivity index (χ2n) is 5.85. The number of hydrogen-bond acceptors (Lipinski definition) is 4. The highest BCUT2D eigenvalue weighted by atomic mass is 32.2. The zero-order chi connectivity index (χ0) is 16.2. The van der Waals surface area contributed by atoms with Crippen molar-refractivity contribution >= 4 is 21.8 Å². The van der Waals surface area contributed by atoms with Crippen molar-refractivity contribution in [2.75, 3.05) is 26.4 Å². The van der Waals surface area contributed by atoms with E-state index in [1.54, 1.807) is 25.8 Å². The van der Waals surface area contributed by atoms with Crippen LogP contribution in [0.3, 0.4) is 0 Å². The van der Waals surface area contributed by atoms with E-state index in [4.69, 9.17) is 0 Å². The summed E-state index contributed by atoms with van der Waals surface area (Å²) in [5.41, 5.74) is 0. The molecule has 0 bridgehead atoms. The summed E-state index contributed by atoms with van der Waals surface area (Å²) in [6.45, 7) is 4.48. The van der Waals surface area contributed by atoms with Crippen molar-refractivity contribution in [3.63, 3.8) is 0 Å². The molecule has 2 amide bonds. The molecule has 1 heterocycles. The highest BCUT2D eigenvalue weighted by molar-refractivity contribution is 7.88. The number of piperidine rings is 1. The second kappa shape index (κ2) is 7.22. The summed E-state index contributed by atoms with van der Waals surface area (Å²) < 4.78 is 25.2. The first-order valence-electron chi connectivity index (χ1n) is 7.13. The Bertz CT molecular complexity index is 490. The molecule has 1 aliphatic heterocycles. The van der Waals surface area contributed by atoms with E-state index in [2.05, 4.69) is 10.0 Å². The fourth-order valence-electron chi connectivity index (χ4n) is 2.49. The van der Waals surface area contributed by atoms with E-state index < -0.39 is 16.1 Å². The summed E-state index contributed by atoms with van der Waals surface area (Å²) in [4.78, 5) is 25.8. The van der Waals surface area contributed by atoms with Gasteiger partial charge in [-0.15, -0.1) is 0 Å². The smallest absolute Gasteiger partial charge is 0.241 e. The Morgan fingerprint density at radius 1 is 1.29 bits per heavy atom. The van der Waals surface area contributed by atoms with Crippen molar-refractivity contribution < 1.29 is 18.0 Å². The van der Waals surface area contributed by atoms with Gasteiger partial charge < -0.3 is 10.2 Å². The lowest BCUT2D eigenvalue weighted by molar-refractivity contribution is -0.137. The van der Waals surface area contributed by atoms with Gasteiger partial charge in [-0.1, -0.05) is 13.8 Å². The summed E-state index contributed by atoms with van der Waals surface area (Å²) in [7, 11) is -1.89. The summed E-state index contributed by atoms with van der Waals surface area (Å²) in [6.07, 6.45) is 2.53. The molecule has 8 heteroatoms. The van der Waals surface area contributed by atoms with E-state index in [0.717, 1.165) is 19.1 Å². The monoisotopic (exact) mass is 319 g/mol. The molecule has 1 saturated heterocycles. The molecule has 0 aromatic carbocycles. The quantitative estimate of drug-likeness (QED) is 0.717. The fraction of sp³-hybridized carbons (Fsp3) is 0.846. The zero-order valence-corrected chi connectivity index (χ0v) is 13.9. The van der Waals surface area contributed by atoms with Crippen LogP contribution in [-0.2, 0) is 19.6 Å².